The smallest absolute Gasteiger partial charge is 0.124 e. The van der Waals surface area contributed by atoms with Gasteiger partial charge in [0.15, 0.2) is 0 Å². The number of fused-ring (bicyclic) bond motifs is 2. The molecule has 1 nitrogen and oxygen atoms in total. The van der Waals surface area contributed by atoms with E-state index in [4.69, 9.17) is 0 Å². The van der Waals surface area contributed by atoms with Gasteiger partial charge >= 0.3 is 0 Å². The summed E-state index contributed by atoms with van der Waals surface area (Å²) in [6.45, 7) is 0. The van der Waals surface area contributed by atoms with Gasteiger partial charge in [0.25, 0.3) is 0 Å². The average Bonchev–Trinajstić information content (AvgIpc) is 2.88. The minimum Gasteiger partial charge on any atom is -0.236 e. The molecule has 0 atom stereocenters. The number of rotatable bonds is 1. The zero-order valence-electron chi connectivity index (χ0n) is 10.5. The van der Waals surface area contributed by atoms with Gasteiger partial charge in [-0.2, -0.15) is 0 Å². The lowest BCUT2D eigenvalue weighted by Gasteiger charge is -1.95. The fourth-order valence-corrected chi connectivity index (χ4v) is 3.33. The third-order valence-electron chi connectivity index (χ3n) is 3.35. The molecule has 4 rings (SSSR count). The SMILES string of the molecule is Fc1ccc(-c2nc3cc4ccccc4cc3s2)cc1. The zero-order chi connectivity index (χ0) is 13.5. The maximum Gasteiger partial charge on any atom is 0.124 e. The van der Waals surface area contributed by atoms with E-state index in [0.29, 0.717) is 0 Å². The highest BCUT2D eigenvalue weighted by Gasteiger charge is 2.07. The summed E-state index contributed by atoms with van der Waals surface area (Å²) in [5.41, 5.74) is 1.95. The summed E-state index contributed by atoms with van der Waals surface area (Å²) < 4.78 is 14.1. The lowest BCUT2D eigenvalue weighted by Crippen LogP contribution is -1.77. The molecule has 0 bridgehead atoms. The Morgan fingerprint density at radius 2 is 1.55 bits per heavy atom. The molecule has 0 aliphatic rings. The Hall–Kier alpha value is -2.26. The van der Waals surface area contributed by atoms with Gasteiger partial charge in [-0.05, 0) is 47.2 Å². The molecule has 96 valence electrons. The van der Waals surface area contributed by atoms with Crippen LogP contribution in [0, 0.1) is 5.82 Å². The first-order valence-electron chi connectivity index (χ1n) is 6.35. The van der Waals surface area contributed by atoms with E-state index in [-0.39, 0.29) is 5.82 Å². The van der Waals surface area contributed by atoms with Crippen LogP contribution in [0.4, 0.5) is 4.39 Å². The first-order chi connectivity index (χ1) is 9.79. The van der Waals surface area contributed by atoms with Gasteiger partial charge in [-0.25, -0.2) is 9.37 Å². The molecule has 1 aromatic heterocycles. The van der Waals surface area contributed by atoms with Crippen LogP contribution in [0.25, 0.3) is 31.6 Å². The standard InChI is InChI=1S/C17H10FNS/c18-14-7-5-11(6-8-14)17-19-15-9-12-3-1-2-4-13(12)10-16(15)20-17/h1-10H. The summed E-state index contributed by atoms with van der Waals surface area (Å²) in [4.78, 5) is 4.66. The van der Waals surface area contributed by atoms with E-state index in [1.807, 2.05) is 12.1 Å². The van der Waals surface area contributed by atoms with Crippen LogP contribution in [0.1, 0.15) is 0 Å². The summed E-state index contributed by atoms with van der Waals surface area (Å²) in [7, 11) is 0. The van der Waals surface area contributed by atoms with Gasteiger partial charge in [0.05, 0.1) is 10.2 Å². The van der Waals surface area contributed by atoms with E-state index in [1.54, 1.807) is 23.5 Å². The summed E-state index contributed by atoms with van der Waals surface area (Å²) in [5, 5.41) is 3.33. The molecule has 3 heteroatoms. The maximum absolute atomic E-state index is 13.0. The largest absolute Gasteiger partial charge is 0.236 e. The molecule has 1 heterocycles. The minimum absolute atomic E-state index is 0.222. The molecule has 0 saturated carbocycles. The molecule has 0 saturated heterocycles. The highest BCUT2D eigenvalue weighted by molar-refractivity contribution is 7.21. The first kappa shape index (κ1) is 11.6. The molecule has 0 unspecified atom stereocenters. The second kappa shape index (κ2) is 4.39. The summed E-state index contributed by atoms with van der Waals surface area (Å²) in [5.74, 6) is -0.222. The summed E-state index contributed by atoms with van der Waals surface area (Å²) >= 11 is 1.64. The van der Waals surface area contributed by atoms with Crippen molar-refractivity contribution in [1.82, 2.24) is 4.98 Å². The zero-order valence-corrected chi connectivity index (χ0v) is 11.3. The fraction of sp³-hybridized carbons (Fsp3) is 0. The van der Waals surface area contributed by atoms with Crippen LogP contribution in [0.5, 0.6) is 0 Å². The fourth-order valence-electron chi connectivity index (χ4n) is 2.33. The molecule has 0 N–H and O–H groups in total. The van der Waals surface area contributed by atoms with Crippen LogP contribution in [0.15, 0.2) is 60.7 Å². The van der Waals surface area contributed by atoms with Crippen molar-refractivity contribution in [2.24, 2.45) is 0 Å². The van der Waals surface area contributed by atoms with Gasteiger partial charge in [-0.15, -0.1) is 11.3 Å². The maximum atomic E-state index is 13.0. The highest BCUT2D eigenvalue weighted by Crippen LogP contribution is 2.32. The van der Waals surface area contributed by atoms with Gasteiger partial charge in [0.1, 0.15) is 10.8 Å². The van der Waals surface area contributed by atoms with Crippen molar-refractivity contribution in [2.75, 3.05) is 0 Å². The predicted molar refractivity (Wildman–Crippen MR) is 82.5 cm³/mol. The Kier molecular flexibility index (Phi) is 2.54. The monoisotopic (exact) mass is 279 g/mol. The van der Waals surface area contributed by atoms with Crippen LogP contribution in [0.2, 0.25) is 0 Å². The van der Waals surface area contributed by atoms with E-state index in [9.17, 15) is 4.39 Å². The Balaban J connectivity index is 1.93. The molecule has 0 spiro atoms. The number of benzene rings is 3. The van der Waals surface area contributed by atoms with Crippen molar-refractivity contribution in [1.29, 1.82) is 0 Å². The minimum atomic E-state index is -0.222. The normalized spacial score (nSPS) is 11.2. The van der Waals surface area contributed by atoms with Gasteiger partial charge < -0.3 is 0 Å². The van der Waals surface area contributed by atoms with Crippen LogP contribution in [0.3, 0.4) is 0 Å². The quantitative estimate of drug-likeness (QED) is 0.463. The number of nitrogens with zero attached hydrogens (tertiary/aromatic N) is 1. The number of hydrogen-bond acceptors (Lipinski definition) is 2. The van der Waals surface area contributed by atoms with Gasteiger partial charge in [0.2, 0.25) is 0 Å². The molecule has 20 heavy (non-hydrogen) atoms. The molecule has 0 amide bonds. The molecule has 4 aromatic rings. The van der Waals surface area contributed by atoms with E-state index in [0.717, 1.165) is 20.8 Å². The van der Waals surface area contributed by atoms with Crippen molar-refractivity contribution < 1.29 is 4.39 Å². The number of hydrogen-bond donors (Lipinski definition) is 0. The van der Waals surface area contributed by atoms with Gasteiger partial charge in [0, 0.05) is 5.56 Å². The summed E-state index contributed by atoms with van der Waals surface area (Å²) in [6.07, 6.45) is 0. The second-order valence-corrected chi connectivity index (χ2v) is 5.72. The number of thiazole rings is 1. The molecule has 3 aromatic carbocycles. The molecular weight excluding hydrogens is 269 g/mol. The molecular formula is C17H10FNS. The van der Waals surface area contributed by atoms with Crippen molar-refractivity contribution >= 4 is 32.3 Å². The van der Waals surface area contributed by atoms with E-state index in [1.165, 1.54) is 22.9 Å². The van der Waals surface area contributed by atoms with Crippen molar-refractivity contribution in [3.8, 4) is 10.6 Å². The van der Waals surface area contributed by atoms with Crippen molar-refractivity contribution in [3.63, 3.8) is 0 Å². The predicted octanol–water partition coefficient (Wildman–Crippen LogP) is 5.26. The summed E-state index contributed by atoms with van der Waals surface area (Å²) in [6, 6.07) is 19.0. The molecule has 0 fully saturated rings. The third kappa shape index (κ3) is 1.87. The van der Waals surface area contributed by atoms with Crippen LogP contribution in [-0.4, -0.2) is 4.98 Å². The molecule has 0 radical (unpaired) electrons. The molecule has 0 aliphatic carbocycles. The highest BCUT2D eigenvalue weighted by atomic mass is 32.1. The van der Waals surface area contributed by atoms with Gasteiger partial charge in [-0.3, -0.25) is 0 Å². The average molecular weight is 279 g/mol. The van der Waals surface area contributed by atoms with E-state index < -0.39 is 0 Å². The second-order valence-electron chi connectivity index (χ2n) is 4.69. The number of halogens is 1. The lowest BCUT2D eigenvalue weighted by atomic mass is 10.1. The topological polar surface area (TPSA) is 12.9 Å². The third-order valence-corrected chi connectivity index (χ3v) is 4.41. The van der Waals surface area contributed by atoms with Crippen LogP contribution >= 0.6 is 11.3 Å². The van der Waals surface area contributed by atoms with Crippen LogP contribution < -0.4 is 0 Å². The Bertz CT molecular complexity index is 857. The lowest BCUT2D eigenvalue weighted by molar-refractivity contribution is 0.628. The Morgan fingerprint density at radius 1 is 0.850 bits per heavy atom. The van der Waals surface area contributed by atoms with E-state index >= 15 is 0 Å². The Labute approximate surface area is 119 Å². The number of aromatic nitrogens is 1. The van der Waals surface area contributed by atoms with Crippen molar-refractivity contribution in [2.45, 2.75) is 0 Å². The molecule has 0 aliphatic heterocycles. The Morgan fingerprint density at radius 3 is 2.30 bits per heavy atom. The first-order valence-corrected chi connectivity index (χ1v) is 7.16. The van der Waals surface area contributed by atoms with Crippen LogP contribution in [-0.2, 0) is 0 Å². The van der Waals surface area contributed by atoms with Gasteiger partial charge in [-0.1, -0.05) is 24.3 Å². The van der Waals surface area contributed by atoms with Crippen molar-refractivity contribution in [3.05, 3.63) is 66.5 Å². The van der Waals surface area contributed by atoms with E-state index in [2.05, 4.69) is 29.2 Å².